The minimum Gasteiger partial charge on any atom is -0.489 e. The van der Waals surface area contributed by atoms with Gasteiger partial charge in [-0.1, -0.05) is 0 Å². The average molecular weight is 247 g/mol. The van der Waals surface area contributed by atoms with Crippen molar-refractivity contribution in [1.29, 1.82) is 0 Å². The number of carbonyl (C=O) groups is 1. The summed E-state index contributed by atoms with van der Waals surface area (Å²) in [5.41, 5.74) is -0.0696. The van der Waals surface area contributed by atoms with Crippen molar-refractivity contribution < 1.29 is 14.6 Å². The zero-order chi connectivity index (χ0) is 13.0. The molecule has 0 radical (unpaired) electrons. The van der Waals surface area contributed by atoms with Crippen LogP contribution in [0.15, 0.2) is 30.7 Å². The molecule has 0 fully saturated rings. The third-order valence-corrected chi connectivity index (χ3v) is 2.49. The standard InChI is InChI=1S/C12H13N3O3/c1-9-13-5-6-15(9)7-8-18-10-3-2-4-14-11(10)12(16)17/h2-6H,7-8H2,1H3,(H,16,17). The summed E-state index contributed by atoms with van der Waals surface area (Å²) in [6.45, 7) is 2.87. The molecule has 0 aliphatic carbocycles. The summed E-state index contributed by atoms with van der Waals surface area (Å²) in [5.74, 6) is 0.0791. The van der Waals surface area contributed by atoms with Crippen LogP contribution >= 0.6 is 0 Å². The molecule has 2 aromatic heterocycles. The number of aryl methyl sites for hydroxylation is 1. The molecule has 94 valence electrons. The highest BCUT2D eigenvalue weighted by Gasteiger charge is 2.11. The highest BCUT2D eigenvalue weighted by atomic mass is 16.5. The molecule has 0 saturated carbocycles. The van der Waals surface area contributed by atoms with E-state index in [-0.39, 0.29) is 11.4 Å². The summed E-state index contributed by atoms with van der Waals surface area (Å²) in [5, 5.41) is 8.94. The Morgan fingerprint density at radius 1 is 1.44 bits per heavy atom. The third kappa shape index (κ3) is 2.65. The van der Waals surface area contributed by atoms with E-state index in [0.717, 1.165) is 5.82 Å². The molecule has 6 heteroatoms. The molecule has 1 N–H and O–H groups in total. The largest absolute Gasteiger partial charge is 0.489 e. The first-order valence-electron chi connectivity index (χ1n) is 5.47. The Hall–Kier alpha value is -2.37. The van der Waals surface area contributed by atoms with Gasteiger partial charge in [-0.3, -0.25) is 0 Å². The molecule has 6 nitrogen and oxygen atoms in total. The lowest BCUT2D eigenvalue weighted by Gasteiger charge is -2.09. The van der Waals surface area contributed by atoms with Gasteiger partial charge in [0.15, 0.2) is 11.4 Å². The van der Waals surface area contributed by atoms with Crippen LogP contribution < -0.4 is 4.74 Å². The highest BCUT2D eigenvalue weighted by Crippen LogP contribution is 2.15. The van der Waals surface area contributed by atoms with Gasteiger partial charge < -0.3 is 14.4 Å². The maximum atomic E-state index is 10.9. The Balaban J connectivity index is 1.99. The average Bonchev–Trinajstić information content (AvgIpc) is 2.76. The summed E-state index contributed by atoms with van der Waals surface area (Å²) in [4.78, 5) is 18.8. The summed E-state index contributed by atoms with van der Waals surface area (Å²) < 4.78 is 7.36. The van der Waals surface area contributed by atoms with Crippen LogP contribution in [0, 0.1) is 6.92 Å². The van der Waals surface area contributed by atoms with Crippen LogP contribution in [0.3, 0.4) is 0 Å². The lowest BCUT2D eigenvalue weighted by Crippen LogP contribution is -2.11. The normalized spacial score (nSPS) is 10.3. The molecule has 0 bridgehead atoms. The molecule has 2 rings (SSSR count). The number of aromatic nitrogens is 3. The SMILES string of the molecule is Cc1nccn1CCOc1cccnc1C(=O)O. The Bertz CT molecular complexity index is 551. The number of carboxylic acid groups (broad SMARTS) is 1. The van der Waals surface area contributed by atoms with Crippen LogP contribution in [0.4, 0.5) is 0 Å². The molecule has 0 atom stereocenters. The number of carboxylic acids is 1. The Labute approximate surface area is 104 Å². The van der Waals surface area contributed by atoms with E-state index in [1.54, 1.807) is 18.3 Å². The second-order valence-electron chi connectivity index (χ2n) is 3.67. The summed E-state index contributed by atoms with van der Waals surface area (Å²) in [6.07, 6.45) is 4.98. The second-order valence-corrected chi connectivity index (χ2v) is 3.67. The predicted octanol–water partition coefficient (Wildman–Crippen LogP) is 1.36. The first-order chi connectivity index (χ1) is 8.68. The molecule has 0 aromatic carbocycles. The van der Waals surface area contributed by atoms with Gasteiger partial charge >= 0.3 is 5.97 Å². The summed E-state index contributed by atoms with van der Waals surface area (Å²) >= 11 is 0. The summed E-state index contributed by atoms with van der Waals surface area (Å²) in [7, 11) is 0. The molecule has 2 heterocycles. The van der Waals surface area contributed by atoms with Crippen LogP contribution in [0.2, 0.25) is 0 Å². The monoisotopic (exact) mass is 247 g/mol. The molecule has 18 heavy (non-hydrogen) atoms. The van der Waals surface area contributed by atoms with Crippen molar-refractivity contribution >= 4 is 5.97 Å². The first kappa shape index (κ1) is 12.1. The van der Waals surface area contributed by atoms with Gasteiger partial charge in [-0.2, -0.15) is 0 Å². The number of imidazole rings is 1. The fourth-order valence-corrected chi connectivity index (χ4v) is 1.56. The topological polar surface area (TPSA) is 77.2 Å². The lowest BCUT2D eigenvalue weighted by atomic mass is 10.3. The maximum absolute atomic E-state index is 10.9. The van der Waals surface area contributed by atoms with E-state index in [4.69, 9.17) is 9.84 Å². The van der Waals surface area contributed by atoms with Crippen molar-refractivity contribution in [3.8, 4) is 5.75 Å². The van der Waals surface area contributed by atoms with Gasteiger partial charge in [0.25, 0.3) is 0 Å². The predicted molar refractivity (Wildman–Crippen MR) is 63.7 cm³/mol. The minimum absolute atomic E-state index is 0.0696. The van der Waals surface area contributed by atoms with Crippen molar-refractivity contribution in [3.63, 3.8) is 0 Å². The number of pyridine rings is 1. The van der Waals surface area contributed by atoms with Crippen LogP contribution in [-0.2, 0) is 6.54 Å². The number of ether oxygens (including phenoxy) is 1. The van der Waals surface area contributed by atoms with Crippen LogP contribution in [0.1, 0.15) is 16.3 Å². The molecule has 0 spiro atoms. The van der Waals surface area contributed by atoms with Gasteiger partial charge in [0, 0.05) is 18.6 Å². The van der Waals surface area contributed by atoms with Crippen LogP contribution in [0.25, 0.3) is 0 Å². The fourth-order valence-electron chi connectivity index (χ4n) is 1.56. The lowest BCUT2D eigenvalue weighted by molar-refractivity contribution is 0.0685. The maximum Gasteiger partial charge on any atom is 0.358 e. The van der Waals surface area contributed by atoms with Gasteiger partial charge in [0.05, 0.1) is 6.54 Å². The Morgan fingerprint density at radius 3 is 2.94 bits per heavy atom. The first-order valence-corrected chi connectivity index (χ1v) is 5.47. The zero-order valence-corrected chi connectivity index (χ0v) is 9.91. The minimum atomic E-state index is -1.09. The molecule has 2 aromatic rings. The number of hydrogen-bond donors (Lipinski definition) is 1. The van der Waals surface area contributed by atoms with E-state index in [1.807, 2.05) is 17.7 Å². The number of rotatable bonds is 5. The Morgan fingerprint density at radius 2 is 2.28 bits per heavy atom. The molecule has 0 unspecified atom stereocenters. The fraction of sp³-hybridized carbons (Fsp3) is 0.250. The van der Waals surface area contributed by atoms with Crippen molar-refractivity contribution in [2.45, 2.75) is 13.5 Å². The molecule has 0 amide bonds. The number of aromatic carboxylic acids is 1. The van der Waals surface area contributed by atoms with E-state index in [0.29, 0.717) is 13.2 Å². The van der Waals surface area contributed by atoms with Crippen molar-refractivity contribution in [2.24, 2.45) is 0 Å². The quantitative estimate of drug-likeness (QED) is 0.863. The zero-order valence-electron chi connectivity index (χ0n) is 9.91. The van der Waals surface area contributed by atoms with Gasteiger partial charge in [0.2, 0.25) is 0 Å². The van der Waals surface area contributed by atoms with Crippen LogP contribution in [-0.4, -0.2) is 32.2 Å². The van der Waals surface area contributed by atoms with Crippen LogP contribution in [0.5, 0.6) is 5.75 Å². The van der Waals surface area contributed by atoms with Crippen molar-refractivity contribution in [3.05, 3.63) is 42.2 Å². The van der Waals surface area contributed by atoms with Crippen molar-refractivity contribution in [1.82, 2.24) is 14.5 Å². The van der Waals surface area contributed by atoms with E-state index >= 15 is 0 Å². The second kappa shape index (κ2) is 5.31. The van der Waals surface area contributed by atoms with Gasteiger partial charge in [0.1, 0.15) is 12.4 Å². The van der Waals surface area contributed by atoms with E-state index < -0.39 is 5.97 Å². The van der Waals surface area contributed by atoms with Gasteiger partial charge in [-0.25, -0.2) is 14.8 Å². The Kier molecular flexibility index (Phi) is 3.57. The molecular formula is C12H13N3O3. The molecule has 0 saturated heterocycles. The van der Waals surface area contributed by atoms with Gasteiger partial charge in [-0.15, -0.1) is 0 Å². The van der Waals surface area contributed by atoms with E-state index in [9.17, 15) is 4.79 Å². The van der Waals surface area contributed by atoms with Crippen molar-refractivity contribution in [2.75, 3.05) is 6.61 Å². The van der Waals surface area contributed by atoms with Gasteiger partial charge in [-0.05, 0) is 19.1 Å². The smallest absolute Gasteiger partial charge is 0.358 e. The molecule has 0 aliphatic heterocycles. The summed E-state index contributed by atoms with van der Waals surface area (Å²) in [6, 6.07) is 3.24. The third-order valence-electron chi connectivity index (χ3n) is 2.49. The number of hydrogen-bond acceptors (Lipinski definition) is 4. The van der Waals surface area contributed by atoms with E-state index in [2.05, 4.69) is 9.97 Å². The van der Waals surface area contributed by atoms with E-state index in [1.165, 1.54) is 6.20 Å². The molecule has 0 aliphatic rings. The molecular weight excluding hydrogens is 234 g/mol. The number of nitrogens with zero attached hydrogens (tertiary/aromatic N) is 3. The highest BCUT2D eigenvalue weighted by molar-refractivity contribution is 5.88.